The van der Waals surface area contributed by atoms with Gasteiger partial charge in [-0.3, -0.25) is 4.79 Å². The molecule has 24 heavy (non-hydrogen) atoms. The Bertz CT molecular complexity index is 694. The minimum absolute atomic E-state index is 0.113. The highest BCUT2D eigenvalue weighted by molar-refractivity contribution is 7.14. The number of hydrogen-bond donors (Lipinski definition) is 1. The van der Waals surface area contributed by atoms with Crippen molar-refractivity contribution >= 4 is 23.2 Å². The molecule has 0 fully saturated rings. The highest BCUT2D eigenvalue weighted by Crippen LogP contribution is 2.28. The molecule has 0 bridgehead atoms. The Hall–Kier alpha value is -2.21. The van der Waals surface area contributed by atoms with Gasteiger partial charge in [0.2, 0.25) is 0 Å². The van der Waals surface area contributed by atoms with E-state index < -0.39 is 5.97 Å². The van der Waals surface area contributed by atoms with Crippen LogP contribution in [0.2, 0.25) is 0 Å². The summed E-state index contributed by atoms with van der Waals surface area (Å²) in [6, 6.07) is 9.59. The van der Waals surface area contributed by atoms with E-state index in [2.05, 4.69) is 10.3 Å². The van der Waals surface area contributed by atoms with Crippen LogP contribution in [0.5, 0.6) is 0 Å². The Morgan fingerprint density at radius 3 is 2.50 bits per heavy atom. The zero-order chi connectivity index (χ0) is 17.5. The average molecular weight is 346 g/mol. The van der Waals surface area contributed by atoms with E-state index in [0.29, 0.717) is 10.6 Å². The number of amides is 1. The number of nitrogens with one attached hydrogen (secondary N) is 1. The van der Waals surface area contributed by atoms with Crippen LogP contribution in [0.1, 0.15) is 41.4 Å². The van der Waals surface area contributed by atoms with Crippen LogP contribution >= 0.6 is 11.3 Å². The molecular formula is C18H22N2O3S. The average Bonchev–Trinajstić information content (AvgIpc) is 3.00. The maximum atomic E-state index is 12.3. The number of thiazole rings is 1. The molecule has 2 aromatic rings. The van der Waals surface area contributed by atoms with Crippen LogP contribution in [0, 0.1) is 6.92 Å². The molecule has 1 aromatic carbocycles. The number of hydrogen-bond acceptors (Lipinski definition) is 5. The van der Waals surface area contributed by atoms with E-state index in [1.54, 1.807) is 0 Å². The lowest BCUT2D eigenvalue weighted by molar-refractivity contribution is -0.125. The molecular weight excluding hydrogens is 324 g/mol. The normalized spacial score (nSPS) is 10.7. The highest BCUT2D eigenvalue weighted by Gasteiger charge is 2.20. The fraction of sp³-hybridized carbons (Fsp3) is 0.389. The number of benzene rings is 1. The summed E-state index contributed by atoms with van der Waals surface area (Å²) in [5.41, 5.74) is 1.46. The smallest absolute Gasteiger partial charge is 0.351 e. The van der Waals surface area contributed by atoms with Crippen molar-refractivity contribution in [2.75, 3.05) is 6.61 Å². The van der Waals surface area contributed by atoms with Crippen LogP contribution in [-0.4, -0.2) is 29.5 Å². The summed E-state index contributed by atoms with van der Waals surface area (Å²) in [4.78, 5) is 29.1. The second kappa shape index (κ2) is 8.59. The summed E-state index contributed by atoms with van der Waals surface area (Å²) < 4.78 is 5.17. The number of carbonyl (C=O) groups excluding carboxylic acids is 2. The number of aromatic nitrogens is 1. The number of carbonyl (C=O) groups is 2. The monoisotopic (exact) mass is 346 g/mol. The van der Waals surface area contributed by atoms with Gasteiger partial charge in [0.05, 0.1) is 10.7 Å². The van der Waals surface area contributed by atoms with Crippen molar-refractivity contribution in [1.29, 1.82) is 0 Å². The van der Waals surface area contributed by atoms with Crippen LogP contribution in [-0.2, 0) is 9.53 Å². The first-order chi connectivity index (χ1) is 11.5. The SMILES string of the molecule is CCC(CC)NC(=O)COC(=O)c1sc(C)nc1-c1ccccc1. The van der Waals surface area contributed by atoms with Gasteiger partial charge in [-0.15, -0.1) is 11.3 Å². The molecule has 0 unspecified atom stereocenters. The molecule has 5 nitrogen and oxygen atoms in total. The van der Waals surface area contributed by atoms with E-state index in [9.17, 15) is 9.59 Å². The minimum atomic E-state index is -0.515. The predicted octanol–water partition coefficient (Wildman–Crippen LogP) is 3.58. The van der Waals surface area contributed by atoms with Gasteiger partial charge in [-0.2, -0.15) is 0 Å². The number of esters is 1. The lowest BCUT2D eigenvalue weighted by atomic mass is 10.1. The molecule has 6 heteroatoms. The van der Waals surface area contributed by atoms with Crippen LogP contribution < -0.4 is 5.32 Å². The van der Waals surface area contributed by atoms with Gasteiger partial charge in [-0.25, -0.2) is 9.78 Å². The summed E-state index contributed by atoms with van der Waals surface area (Å²) >= 11 is 1.27. The molecule has 1 N–H and O–H groups in total. The van der Waals surface area contributed by atoms with Crippen molar-refractivity contribution < 1.29 is 14.3 Å². The number of ether oxygens (including phenoxy) is 1. The first kappa shape index (κ1) is 18.1. The third-order valence-corrected chi connectivity index (χ3v) is 4.60. The van der Waals surface area contributed by atoms with Crippen molar-refractivity contribution in [2.45, 2.75) is 39.7 Å². The first-order valence-electron chi connectivity index (χ1n) is 8.04. The summed E-state index contributed by atoms with van der Waals surface area (Å²) in [5, 5.41) is 3.63. The van der Waals surface area contributed by atoms with E-state index in [0.717, 1.165) is 23.4 Å². The van der Waals surface area contributed by atoms with Crippen molar-refractivity contribution in [3.05, 3.63) is 40.2 Å². The molecule has 0 aliphatic heterocycles. The largest absolute Gasteiger partial charge is 0.451 e. The number of nitrogens with zero attached hydrogens (tertiary/aromatic N) is 1. The van der Waals surface area contributed by atoms with Crippen molar-refractivity contribution in [1.82, 2.24) is 10.3 Å². The molecule has 0 aliphatic carbocycles. The predicted molar refractivity (Wildman–Crippen MR) is 95.1 cm³/mol. The van der Waals surface area contributed by atoms with E-state index in [-0.39, 0.29) is 18.6 Å². The quantitative estimate of drug-likeness (QED) is 0.778. The summed E-state index contributed by atoms with van der Waals surface area (Å²) in [5.74, 6) is -0.793. The molecule has 0 radical (unpaired) electrons. The molecule has 0 spiro atoms. The maximum absolute atomic E-state index is 12.3. The van der Waals surface area contributed by atoms with Gasteiger partial charge in [-0.1, -0.05) is 44.2 Å². The minimum Gasteiger partial charge on any atom is -0.451 e. The summed E-state index contributed by atoms with van der Waals surface area (Å²) in [6.45, 7) is 5.58. The summed E-state index contributed by atoms with van der Waals surface area (Å²) in [7, 11) is 0. The van der Waals surface area contributed by atoms with Gasteiger partial charge in [-0.05, 0) is 19.8 Å². The van der Waals surface area contributed by atoms with Crippen molar-refractivity contribution in [3.8, 4) is 11.3 Å². The highest BCUT2D eigenvalue weighted by atomic mass is 32.1. The molecule has 1 heterocycles. The molecule has 0 saturated carbocycles. The molecule has 1 amide bonds. The molecule has 128 valence electrons. The van der Waals surface area contributed by atoms with E-state index in [4.69, 9.17) is 4.74 Å². The number of aryl methyl sites for hydroxylation is 1. The van der Waals surface area contributed by atoms with E-state index in [1.165, 1.54) is 11.3 Å². The zero-order valence-electron chi connectivity index (χ0n) is 14.2. The molecule has 1 aromatic heterocycles. The fourth-order valence-corrected chi connectivity index (χ4v) is 3.15. The Morgan fingerprint density at radius 2 is 1.88 bits per heavy atom. The van der Waals surface area contributed by atoms with Gasteiger partial charge in [0.1, 0.15) is 4.88 Å². The Kier molecular flexibility index (Phi) is 6.49. The Balaban J connectivity index is 2.04. The topological polar surface area (TPSA) is 68.3 Å². The van der Waals surface area contributed by atoms with Crippen LogP contribution in [0.4, 0.5) is 0 Å². The van der Waals surface area contributed by atoms with Crippen molar-refractivity contribution in [2.24, 2.45) is 0 Å². The lowest BCUT2D eigenvalue weighted by Crippen LogP contribution is -2.36. The van der Waals surface area contributed by atoms with Gasteiger partial charge in [0.25, 0.3) is 5.91 Å². The molecule has 0 saturated heterocycles. The standard InChI is InChI=1S/C18H22N2O3S/c1-4-14(5-2)20-15(21)11-23-18(22)17-16(19-12(3)24-17)13-9-7-6-8-10-13/h6-10,14H,4-5,11H2,1-3H3,(H,20,21). The van der Waals surface area contributed by atoms with E-state index in [1.807, 2.05) is 51.1 Å². The maximum Gasteiger partial charge on any atom is 0.351 e. The fourth-order valence-electron chi connectivity index (χ4n) is 2.32. The second-order valence-corrected chi connectivity index (χ2v) is 6.64. The third-order valence-electron chi connectivity index (χ3n) is 3.65. The second-order valence-electron chi connectivity index (χ2n) is 5.43. The van der Waals surface area contributed by atoms with Crippen LogP contribution in [0.3, 0.4) is 0 Å². The van der Waals surface area contributed by atoms with Crippen molar-refractivity contribution in [3.63, 3.8) is 0 Å². The van der Waals surface area contributed by atoms with Gasteiger partial charge in [0, 0.05) is 11.6 Å². The molecule has 0 atom stereocenters. The van der Waals surface area contributed by atoms with Crippen LogP contribution in [0.15, 0.2) is 30.3 Å². The third kappa shape index (κ3) is 4.64. The Morgan fingerprint density at radius 1 is 1.21 bits per heavy atom. The van der Waals surface area contributed by atoms with E-state index >= 15 is 0 Å². The van der Waals surface area contributed by atoms with Gasteiger partial charge in [0.15, 0.2) is 6.61 Å². The Labute approximate surface area is 146 Å². The van der Waals surface area contributed by atoms with Gasteiger partial charge < -0.3 is 10.1 Å². The zero-order valence-corrected chi connectivity index (χ0v) is 15.0. The molecule has 2 rings (SSSR count). The first-order valence-corrected chi connectivity index (χ1v) is 8.86. The lowest BCUT2D eigenvalue weighted by Gasteiger charge is -2.14. The molecule has 0 aliphatic rings. The summed E-state index contributed by atoms with van der Waals surface area (Å²) in [6.07, 6.45) is 1.70. The number of rotatable bonds is 7. The van der Waals surface area contributed by atoms with Crippen LogP contribution in [0.25, 0.3) is 11.3 Å². The van der Waals surface area contributed by atoms with Gasteiger partial charge >= 0.3 is 5.97 Å².